The van der Waals surface area contributed by atoms with Gasteiger partial charge in [-0.05, 0) is 18.2 Å². The van der Waals surface area contributed by atoms with Gasteiger partial charge in [0.2, 0.25) is 0 Å². The standard InChI is InChI=1S/C14H10FN3O/c15-11-6-2-1-5-10(11)12-13(19-18-14(12)16)9-4-3-7-17-8-9/h1-8H,(H2,16,18). The lowest BCUT2D eigenvalue weighted by atomic mass is 10.0. The molecular weight excluding hydrogens is 245 g/mol. The number of hydrogen-bond acceptors (Lipinski definition) is 4. The van der Waals surface area contributed by atoms with Crippen LogP contribution in [0.15, 0.2) is 53.3 Å². The molecule has 0 radical (unpaired) electrons. The van der Waals surface area contributed by atoms with Crippen LogP contribution in [0.1, 0.15) is 0 Å². The first kappa shape index (κ1) is 11.4. The minimum absolute atomic E-state index is 0.156. The zero-order chi connectivity index (χ0) is 13.2. The summed E-state index contributed by atoms with van der Waals surface area (Å²) in [6.45, 7) is 0. The van der Waals surface area contributed by atoms with Crippen molar-refractivity contribution in [3.63, 3.8) is 0 Å². The third kappa shape index (κ3) is 1.95. The van der Waals surface area contributed by atoms with Gasteiger partial charge < -0.3 is 10.3 Å². The lowest BCUT2D eigenvalue weighted by Gasteiger charge is -2.03. The van der Waals surface area contributed by atoms with E-state index in [1.54, 1.807) is 42.7 Å². The number of aromatic nitrogens is 2. The summed E-state index contributed by atoms with van der Waals surface area (Å²) in [6.07, 6.45) is 3.26. The third-order valence-electron chi connectivity index (χ3n) is 2.79. The molecule has 0 spiro atoms. The van der Waals surface area contributed by atoms with E-state index in [1.807, 2.05) is 0 Å². The zero-order valence-electron chi connectivity index (χ0n) is 9.88. The molecule has 5 heteroatoms. The Labute approximate surface area is 108 Å². The fourth-order valence-corrected chi connectivity index (χ4v) is 1.92. The maximum atomic E-state index is 13.9. The molecule has 0 aliphatic carbocycles. The van der Waals surface area contributed by atoms with Gasteiger partial charge in [0, 0.05) is 23.5 Å². The van der Waals surface area contributed by atoms with Crippen LogP contribution >= 0.6 is 0 Å². The number of rotatable bonds is 2. The van der Waals surface area contributed by atoms with Crippen LogP contribution in [0.2, 0.25) is 0 Å². The minimum Gasteiger partial charge on any atom is -0.380 e. The highest BCUT2D eigenvalue weighted by Crippen LogP contribution is 2.37. The first-order valence-electron chi connectivity index (χ1n) is 5.68. The van der Waals surface area contributed by atoms with Crippen molar-refractivity contribution in [2.24, 2.45) is 0 Å². The normalized spacial score (nSPS) is 10.6. The van der Waals surface area contributed by atoms with Crippen LogP contribution in [-0.4, -0.2) is 10.1 Å². The van der Waals surface area contributed by atoms with Crippen molar-refractivity contribution in [1.29, 1.82) is 0 Å². The van der Waals surface area contributed by atoms with Gasteiger partial charge in [-0.3, -0.25) is 4.98 Å². The van der Waals surface area contributed by atoms with Gasteiger partial charge in [-0.25, -0.2) is 4.39 Å². The molecule has 0 saturated carbocycles. The second-order valence-corrected chi connectivity index (χ2v) is 3.99. The quantitative estimate of drug-likeness (QED) is 0.764. The fraction of sp³-hybridized carbons (Fsp3) is 0. The summed E-state index contributed by atoms with van der Waals surface area (Å²) in [7, 11) is 0. The molecule has 0 atom stereocenters. The number of nitrogens with zero attached hydrogens (tertiary/aromatic N) is 2. The first-order valence-corrected chi connectivity index (χ1v) is 5.68. The molecule has 19 heavy (non-hydrogen) atoms. The van der Waals surface area contributed by atoms with Gasteiger partial charge in [-0.15, -0.1) is 0 Å². The molecule has 2 N–H and O–H groups in total. The average molecular weight is 255 g/mol. The highest BCUT2D eigenvalue weighted by Gasteiger charge is 2.20. The summed E-state index contributed by atoms with van der Waals surface area (Å²) >= 11 is 0. The third-order valence-corrected chi connectivity index (χ3v) is 2.79. The Morgan fingerprint density at radius 1 is 1.11 bits per heavy atom. The van der Waals surface area contributed by atoms with Crippen LogP contribution < -0.4 is 5.73 Å². The number of hydrogen-bond donors (Lipinski definition) is 1. The van der Waals surface area contributed by atoms with Crippen molar-refractivity contribution in [3.05, 3.63) is 54.6 Å². The van der Waals surface area contributed by atoms with Gasteiger partial charge in [0.1, 0.15) is 5.82 Å². The highest BCUT2D eigenvalue weighted by atomic mass is 19.1. The van der Waals surface area contributed by atoms with Crippen LogP contribution in [0.3, 0.4) is 0 Å². The predicted molar refractivity (Wildman–Crippen MR) is 69.5 cm³/mol. The number of pyridine rings is 1. The van der Waals surface area contributed by atoms with Crippen LogP contribution in [0, 0.1) is 5.82 Å². The van der Waals surface area contributed by atoms with E-state index in [9.17, 15) is 4.39 Å². The van der Waals surface area contributed by atoms with Gasteiger partial charge in [0.15, 0.2) is 11.6 Å². The molecule has 2 aromatic heterocycles. The smallest absolute Gasteiger partial charge is 0.178 e. The van der Waals surface area contributed by atoms with E-state index in [2.05, 4.69) is 10.1 Å². The molecule has 2 heterocycles. The molecule has 94 valence electrons. The van der Waals surface area contributed by atoms with Gasteiger partial charge in [-0.1, -0.05) is 23.4 Å². The number of benzene rings is 1. The van der Waals surface area contributed by atoms with Crippen molar-refractivity contribution in [1.82, 2.24) is 10.1 Å². The molecule has 0 aliphatic rings. The molecule has 3 rings (SSSR count). The van der Waals surface area contributed by atoms with E-state index in [4.69, 9.17) is 10.3 Å². The topological polar surface area (TPSA) is 64.9 Å². The summed E-state index contributed by atoms with van der Waals surface area (Å²) in [5.41, 5.74) is 7.30. The molecule has 4 nitrogen and oxygen atoms in total. The lowest BCUT2D eigenvalue weighted by Crippen LogP contribution is -1.91. The molecule has 0 fully saturated rings. The maximum absolute atomic E-state index is 13.9. The van der Waals surface area contributed by atoms with E-state index >= 15 is 0 Å². The Morgan fingerprint density at radius 3 is 2.68 bits per heavy atom. The van der Waals surface area contributed by atoms with Gasteiger partial charge >= 0.3 is 0 Å². The molecule has 1 aromatic carbocycles. The van der Waals surface area contributed by atoms with Crippen LogP contribution in [0.5, 0.6) is 0 Å². The Kier molecular flexibility index (Phi) is 2.72. The molecule has 0 amide bonds. The summed E-state index contributed by atoms with van der Waals surface area (Å²) in [5.74, 6) is 0.196. The van der Waals surface area contributed by atoms with E-state index in [-0.39, 0.29) is 11.6 Å². The Morgan fingerprint density at radius 2 is 1.95 bits per heavy atom. The Bertz CT molecular complexity index is 710. The van der Waals surface area contributed by atoms with E-state index in [1.165, 1.54) is 6.07 Å². The summed E-state index contributed by atoms with van der Waals surface area (Å²) in [4.78, 5) is 4.01. The largest absolute Gasteiger partial charge is 0.380 e. The number of halogens is 1. The molecule has 3 aromatic rings. The van der Waals surface area contributed by atoms with Gasteiger partial charge in [0.05, 0.1) is 5.56 Å². The predicted octanol–water partition coefficient (Wildman–Crippen LogP) is 3.12. The van der Waals surface area contributed by atoms with E-state index < -0.39 is 0 Å². The van der Waals surface area contributed by atoms with Gasteiger partial charge in [0.25, 0.3) is 0 Å². The SMILES string of the molecule is Nc1noc(-c2cccnc2)c1-c1ccccc1F. The van der Waals surface area contributed by atoms with Crippen LogP contribution in [0.4, 0.5) is 10.2 Å². The molecule has 0 unspecified atom stereocenters. The minimum atomic E-state index is -0.373. The van der Waals surface area contributed by atoms with E-state index in [0.29, 0.717) is 22.5 Å². The summed E-state index contributed by atoms with van der Waals surface area (Å²) in [6, 6.07) is 9.92. The lowest BCUT2D eigenvalue weighted by molar-refractivity contribution is 0.436. The fourth-order valence-electron chi connectivity index (χ4n) is 1.92. The Balaban J connectivity index is 2.23. The maximum Gasteiger partial charge on any atom is 0.178 e. The summed E-state index contributed by atoms with van der Waals surface area (Å²) in [5, 5.41) is 3.72. The monoisotopic (exact) mass is 255 g/mol. The summed E-state index contributed by atoms with van der Waals surface area (Å²) < 4.78 is 19.1. The van der Waals surface area contributed by atoms with Crippen molar-refractivity contribution in [3.8, 4) is 22.5 Å². The van der Waals surface area contributed by atoms with Gasteiger partial charge in [-0.2, -0.15) is 0 Å². The van der Waals surface area contributed by atoms with Crippen LogP contribution in [-0.2, 0) is 0 Å². The highest BCUT2D eigenvalue weighted by molar-refractivity contribution is 5.86. The average Bonchev–Trinajstić information content (AvgIpc) is 2.82. The molecule has 0 bridgehead atoms. The Hall–Kier alpha value is -2.69. The number of nitrogen functional groups attached to an aromatic ring is 1. The van der Waals surface area contributed by atoms with Crippen LogP contribution in [0.25, 0.3) is 22.5 Å². The second-order valence-electron chi connectivity index (χ2n) is 3.99. The molecular formula is C14H10FN3O. The van der Waals surface area contributed by atoms with E-state index in [0.717, 1.165) is 0 Å². The van der Waals surface area contributed by atoms with Crippen molar-refractivity contribution in [2.75, 3.05) is 5.73 Å². The second kappa shape index (κ2) is 4.53. The van der Waals surface area contributed by atoms with Crippen molar-refractivity contribution >= 4 is 5.82 Å². The first-order chi connectivity index (χ1) is 9.27. The molecule has 0 saturated heterocycles. The zero-order valence-corrected chi connectivity index (χ0v) is 9.88. The van der Waals surface area contributed by atoms with Crippen molar-refractivity contribution in [2.45, 2.75) is 0 Å². The molecule has 0 aliphatic heterocycles. The van der Waals surface area contributed by atoms with Crippen molar-refractivity contribution < 1.29 is 8.91 Å². The number of nitrogens with two attached hydrogens (primary N) is 1. The number of anilines is 1.